The Labute approximate surface area is 141 Å². The number of rotatable bonds is 5. The van der Waals surface area contributed by atoms with Crippen LogP contribution in [-0.2, 0) is 16.4 Å². The molecule has 1 N–H and O–H groups in total. The van der Waals surface area contributed by atoms with Crippen molar-refractivity contribution in [3.8, 4) is 11.5 Å². The molecule has 8 heteroatoms. The molecular weight excluding hydrogens is 340 g/mol. The predicted octanol–water partition coefficient (Wildman–Crippen LogP) is 1.80. The summed E-state index contributed by atoms with van der Waals surface area (Å²) >= 11 is 0. The number of pyridine rings is 1. The summed E-state index contributed by atoms with van der Waals surface area (Å²) in [5.74, 6) is 1.03. The first-order valence-electron chi connectivity index (χ1n) is 6.94. The van der Waals surface area contributed by atoms with E-state index in [1.807, 2.05) is 18.2 Å². The second-order valence-electron chi connectivity index (χ2n) is 4.77. The molecule has 0 fully saturated rings. The quantitative estimate of drug-likeness (QED) is 0.883. The highest BCUT2D eigenvalue weighted by atomic mass is 35.5. The largest absolute Gasteiger partial charge is 0.486 e. The summed E-state index contributed by atoms with van der Waals surface area (Å²) in [5.41, 5.74) is 0.840. The summed E-state index contributed by atoms with van der Waals surface area (Å²) in [6, 6.07) is 10.2. The number of hydrogen-bond acceptors (Lipinski definition) is 5. The Bertz CT molecular complexity index is 753. The van der Waals surface area contributed by atoms with E-state index in [1.165, 1.54) is 12.1 Å². The lowest BCUT2D eigenvalue weighted by molar-refractivity contribution is 0.171. The third kappa shape index (κ3) is 4.34. The van der Waals surface area contributed by atoms with E-state index in [0.717, 1.165) is 5.69 Å². The number of halogens is 1. The first-order valence-corrected chi connectivity index (χ1v) is 8.43. The highest BCUT2D eigenvalue weighted by molar-refractivity contribution is 7.89. The summed E-state index contributed by atoms with van der Waals surface area (Å²) in [4.78, 5) is 4.32. The van der Waals surface area contributed by atoms with E-state index >= 15 is 0 Å². The van der Waals surface area contributed by atoms with Gasteiger partial charge >= 0.3 is 0 Å². The lowest BCUT2D eigenvalue weighted by Crippen LogP contribution is -2.26. The van der Waals surface area contributed by atoms with Crippen molar-refractivity contribution in [2.24, 2.45) is 0 Å². The predicted molar refractivity (Wildman–Crippen MR) is 87.8 cm³/mol. The van der Waals surface area contributed by atoms with Crippen LogP contribution in [0.5, 0.6) is 11.5 Å². The van der Waals surface area contributed by atoms with Gasteiger partial charge in [0.15, 0.2) is 11.5 Å². The van der Waals surface area contributed by atoms with Crippen molar-refractivity contribution >= 4 is 22.4 Å². The molecule has 124 valence electrons. The minimum atomic E-state index is -3.58. The van der Waals surface area contributed by atoms with E-state index in [4.69, 9.17) is 9.47 Å². The molecule has 0 bridgehead atoms. The fourth-order valence-electron chi connectivity index (χ4n) is 2.13. The summed E-state index contributed by atoms with van der Waals surface area (Å²) < 4.78 is 37.9. The molecule has 0 saturated carbocycles. The number of benzene rings is 1. The minimum absolute atomic E-state index is 0. The summed E-state index contributed by atoms with van der Waals surface area (Å²) in [6.07, 6.45) is 2.22. The van der Waals surface area contributed by atoms with E-state index in [0.29, 0.717) is 31.1 Å². The lowest BCUT2D eigenvalue weighted by Gasteiger charge is -2.18. The fourth-order valence-corrected chi connectivity index (χ4v) is 3.18. The van der Waals surface area contributed by atoms with Gasteiger partial charge in [0.25, 0.3) is 0 Å². The summed E-state index contributed by atoms with van der Waals surface area (Å²) in [5, 5.41) is 0. The third-order valence-corrected chi connectivity index (χ3v) is 4.68. The lowest BCUT2D eigenvalue weighted by atomic mass is 10.3. The average molecular weight is 357 g/mol. The monoisotopic (exact) mass is 356 g/mol. The van der Waals surface area contributed by atoms with Crippen molar-refractivity contribution < 1.29 is 17.9 Å². The van der Waals surface area contributed by atoms with Crippen molar-refractivity contribution in [1.82, 2.24) is 9.71 Å². The molecule has 23 heavy (non-hydrogen) atoms. The van der Waals surface area contributed by atoms with E-state index < -0.39 is 10.0 Å². The zero-order chi connectivity index (χ0) is 15.4. The fraction of sp³-hybridized carbons (Fsp3) is 0.267. The molecule has 6 nitrogen and oxygen atoms in total. The molecular formula is C15H17ClN2O4S. The van der Waals surface area contributed by atoms with Crippen molar-refractivity contribution in [2.75, 3.05) is 19.8 Å². The molecule has 0 atom stereocenters. The molecule has 2 heterocycles. The zero-order valence-corrected chi connectivity index (χ0v) is 13.9. The Balaban J connectivity index is 0.00000192. The van der Waals surface area contributed by atoms with Crippen LogP contribution in [0.1, 0.15) is 5.69 Å². The van der Waals surface area contributed by atoms with E-state index in [-0.39, 0.29) is 23.8 Å². The number of ether oxygens (including phenoxy) is 2. The molecule has 0 amide bonds. The zero-order valence-electron chi connectivity index (χ0n) is 12.3. The number of sulfonamides is 1. The van der Waals surface area contributed by atoms with E-state index in [2.05, 4.69) is 9.71 Å². The van der Waals surface area contributed by atoms with Gasteiger partial charge in [0.05, 0.1) is 4.90 Å². The van der Waals surface area contributed by atoms with Crippen LogP contribution < -0.4 is 14.2 Å². The molecule has 1 aromatic carbocycles. The van der Waals surface area contributed by atoms with Gasteiger partial charge in [-0.15, -0.1) is 12.4 Å². The topological polar surface area (TPSA) is 77.5 Å². The Hall–Kier alpha value is -1.83. The van der Waals surface area contributed by atoms with Crippen LogP contribution >= 0.6 is 12.4 Å². The van der Waals surface area contributed by atoms with E-state index in [9.17, 15) is 8.42 Å². The van der Waals surface area contributed by atoms with Crippen LogP contribution in [0.2, 0.25) is 0 Å². The molecule has 0 radical (unpaired) electrons. The van der Waals surface area contributed by atoms with Crippen molar-refractivity contribution in [1.29, 1.82) is 0 Å². The Morgan fingerprint density at radius 1 is 1.09 bits per heavy atom. The molecule has 1 aromatic heterocycles. The Morgan fingerprint density at radius 2 is 1.87 bits per heavy atom. The van der Waals surface area contributed by atoms with Gasteiger partial charge in [-0.3, -0.25) is 4.98 Å². The highest BCUT2D eigenvalue weighted by Gasteiger charge is 2.18. The molecule has 1 aliphatic rings. The maximum atomic E-state index is 12.3. The smallest absolute Gasteiger partial charge is 0.240 e. The molecule has 0 saturated heterocycles. The van der Waals surface area contributed by atoms with Crippen LogP contribution in [0.15, 0.2) is 47.5 Å². The van der Waals surface area contributed by atoms with Gasteiger partial charge < -0.3 is 9.47 Å². The Morgan fingerprint density at radius 3 is 2.61 bits per heavy atom. The van der Waals surface area contributed by atoms with Gasteiger partial charge in [-0.05, 0) is 24.3 Å². The normalized spacial score (nSPS) is 13.2. The van der Waals surface area contributed by atoms with Crippen molar-refractivity contribution in [3.63, 3.8) is 0 Å². The number of nitrogens with one attached hydrogen (secondary N) is 1. The van der Waals surface area contributed by atoms with Gasteiger partial charge in [0.2, 0.25) is 10.0 Å². The molecule has 3 rings (SSSR count). The first-order chi connectivity index (χ1) is 10.6. The number of fused-ring (bicyclic) bond motifs is 1. The van der Waals surface area contributed by atoms with Crippen LogP contribution in [0.4, 0.5) is 0 Å². The minimum Gasteiger partial charge on any atom is -0.486 e. The van der Waals surface area contributed by atoms with Crippen LogP contribution in [-0.4, -0.2) is 33.2 Å². The summed E-state index contributed by atoms with van der Waals surface area (Å²) in [7, 11) is -3.58. The van der Waals surface area contributed by atoms with Gasteiger partial charge in [0, 0.05) is 30.9 Å². The molecule has 0 unspecified atom stereocenters. The maximum Gasteiger partial charge on any atom is 0.240 e. The highest BCUT2D eigenvalue weighted by Crippen LogP contribution is 2.32. The third-order valence-electron chi connectivity index (χ3n) is 3.22. The average Bonchev–Trinajstić information content (AvgIpc) is 2.55. The van der Waals surface area contributed by atoms with Crippen LogP contribution in [0.3, 0.4) is 0 Å². The second kappa shape index (κ2) is 7.63. The van der Waals surface area contributed by atoms with Crippen LogP contribution in [0, 0.1) is 0 Å². The van der Waals surface area contributed by atoms with E-state index in [1.54, 1.807) is 12.3 Å². The first kappa shape index (κ1) is 17.5. The number of hydrogen-bond donors (Lipinski definition) is 1. The second-order valence-corrected chi connectivity index (χ2v) is 6.54. The van der Waals surface area contributed by atoms with Crippen molar-refractivity contribution in [2.45, 2.75) is 11.3 Å². The van der Waals surface area contributed by atoms with Crippen LogP contribution in [0.25, 0.3) is 0 Å². The molecule has 1 aliphatic heterocycles. The number of nitrogens with zero attached hydrogens (tertiary/aromatic N) is 1. The molecule has 0 spiro atoms. The van der Waals surface area contributed by atoms with Crippen molar-refractivity contribution in [3.05, 3.63) is 48.3 Å². The SMILES string of the molecule is Cl.O=S(=O)(NCCc1ccccn1)c1ccc2c(c1)OCCO2. The standard InChI is InChI=1S/C15H16N2O4S.ClH/c18-22(19,17-8-6-12-3-1-2-7-16-12)13-4-5-14-15(11-13)21-10-9-20-14;/h1-5,7,11,17H,6,8-10H2;1H. The molecule has 2 aromatic rings. The number of aromatic nitrogens is 1. The maximum absolute atomic E-state index is 12.3. The van der Waals surface area contributed by atoms with Gasteiger partial charge in [-0.25, -0.2) is 13.1 Å². The summed E-state index contributed by atoms with van der Waals surface area (Å²) in [6.45, 7) is 1.18. The van der Waals surface area contributed by atoms with Gasteiger partial charge in [-0.1, -0.05) is 6.07 Å². The van der Waals surface area contributed by atoms with Gasteiger partial charge in [-0.2, -0.15) is 0 Å². The Kier molecular flexibility index (Phi) is 5.81. The molecule has 0 aliphatic carbocycles. The van der Waals surface area contributed by atoms with Gasteiger partial charge in [0.1, 0.15) is 13.2 Å².